The zero-order valence-corrected chi connectivity index (χ0v) is 14.1. The number of aryl methyl sites for hydroxylation is 1. The van der Waals surface area contributed by atoms with Crippen LogP contribution in [0.3, 0.4) is 0 Å². The number of nitrogens with one attached hydrogen (secondary N) is 1. The van der Waals surface area contributed by atoms with Gasteiger partial charge in [0.25, 0.3) is 0 Å². The van der Waals surface area contributed by atoms with Gasteiger partial charge < -0.3 is 5.32 Å². The van der Waals surface area contributed by atoms with Gasteiger partial charge in [0.15, 0.2) is 0 Å². The Balaban J connectivity index is 1.73. The predicted molar refractivity (Wildman–Crippen MR) is 88.5 cm³/mol. The zero-order chi connectivity index (χ0) is 17.4. The Morgan fingerprint density at radius 1 is 1.38 bits per heavy atom. The summed E-state index contributed by atoms with van der Waals surface area (Å²) in [5.74, 6) is -0.265. The molecular formula is C15H19N5O3S. The van der Waals surface area contributed by atoms with Crippen LogP contribution in [0.2, 0.25) is 0 Å². The third-order valence-electron chi connectivity index (χ3n) is 4.44. The van der Waals surface area contributed by atoms with Crippen LogP contribution in [0.15, 0.2) is 30.5 Å². The normalized spacial score (nSPS) is 16.4. The summed E-state index contributed by atoms with van der Waals surface area (Å²) < 4.78 is 23.9. The molecule has 24 heavy (non-hydrogen) atoms. The first kappa shape index (κ1) is 16.6. The second kappa shape index (κ2) is 5.99. The summed E-state index contributed by atoms with van der Waals surface area (Å²) in [7, 11) is -3.77. The highest BCUT2D eigenvalue weighted by atomic mass is 32.2. The van der Waals surface area contributed by atoms with E-state index in [2.05, 4.69) is 15.6 Å². The minimum absolute atomic E-state index is 0.0535. The number of nitrogens with zero attached hydrogens (tertiary/aromatic N) is 3. The second-order valence-electron chi connectivity index (χ2n) is 6.06. The molecule has 1 aromatic carbocycles. The monoisotopic (exact) mass is 349 g/mol. The van der Waals surface area contributed by atoms with Crippen LogP contribution in [0.1, 0.15) is 30.5 Å². The largest absolute Gasteiger partial charge is 0.324 e. The summed E-state index contributed by atoms with van der Waals surface area (Å²) in [4.78, 5) is 12.1. The van der Waals surface area contributed by atoms with E-state index in [1.165, 1.54) is 10.9 Å². The number of rotatable bonds is 5. The molecule has 1 amide bonds. The van der Waals surface area contributed by atoms with Gasteiger partial charge in [0.05, 0.1) is 6.20 Å². The van der Waals surface area contributed by atoms with E-state index in [4.69, 9.17) is 5.14 Å². The van der Waals surface area contributed by atoms with Crippen LogP contribution < -0.4 is 10.5 Å². The summed E-state index contributed by atoms with van der Waals surface area (Å²) in [6.45, 7) is 1.84. The molecule has 0 bridgehead atoms. The van der Waals surface area contributed by atoms with Gasteiger partial charge in [-0.3, -0.25) is 4.79 Å². The van der Waals surface area contributed by atoms with Crippen molar-refractivity contribution in [1.29, 1.82) is 0 Å². The van der Waals surface area contributed by atoms with E-state index < -0.39 is 14.8 Å². The maximum Gasteiger partial charge on any atom is 0.246 e. The summed E-state index contributed by atoms with van der Waals surface area (Å²) in [6.07, 6.45) is 3.12. The van der Waals surface area contributed by atoms with Crippen LogP contribution in [0.4, 0.5) is 5.69 Å². The minimum atomic E-state index is -3.77. The van der Waals surface area contributed by atoms with Crippen molar-refractivity contribution in [3.8, 4) is 0 Å². The fraction of sp³-hybridized carbons (Fsp3) is 0.400. The molecule has 1 saturated carbocycles. The average Bonchev–Trinajstić information content (AvgIpc) is 2.86. The van der Waals surface area contributed by atoms with Crippen LogP contribution in [0.5, 0.6) is 0 Å². The number of para-hydroxylation sites is 1. The van der Waals surface area contributed by atoms with E-state index in [0.29, 0.717) is 18.5 Å². The van der Waals surface area contributed by atoms with Crippen molar-refractivity contribution in [3.05, 3.63) is 41.7 Å². The van der Waals surface area contributed by atoms with Crippen LogP contribution in [-0.4, -0.2) is 29.3 Å². The Morgan fingerprint density at radius 3 is 2.67 bits per heavy atom. The molecule has 9 heteroatoms. The van der Waals surface area contributed by atoms with E-state index in [1.807, 2.05) is 31.2 Å². The standard InChI is InChI=1S/C15H19N5O3S/c1-11-5-2-3-6-12(11)17-14(21)10-20-9-13(18-19-20)15(7-4-8-15)24(16,22)23/h2-3,5-6,9H,4,7-8,10H2,1H3,(H,17,21)(H2,16,22,23). The van der Waals surface area contributed by atoms with E-state index in [0.717, 1.165) is 17.7 Å². The maximum absolute atomic E-state index is 12.1. The Kier molecular flexibility index (Phi) is 4.14. The van der Waals surface area contributed by atoms with Crippen LogP contribution in [-0.2, 0) is 26.1 Å². The molecule has 1 heterocycles. The molecule has 1 aromatic heterocycles. The Morgan fingerprint density at radius 2 is 2.08 bits per heavy atom. The Labute approximate surface area is 140 Å². The van der Waals surface area contributed by atoms with Gasteiger partial charge in [0.1, 0.15) is 17.0 Å². The lowest BCUT2D eigenvalue weighted by Crippen LogP contribution is -2.46. The predicted octanol–water partition coefficient (Wildman–Crippen LogP) is 0.893. The summed E-state index contributed by atoms with van der Waals surface area (Å²) in [5, 5.41) is 15.9. The molecule has 1 aliphatic rings. The van der Waals surface area contributed by atoms with E-state index >= 15 is 0 Å². The molecule has 0 radical (unpaired) electrons. The van der Waals surface area contributed by atoms with Crippen molar-refractivity contribution < 1.29 is 13.2 Å². The van der Waals surface area contributed by atoms with Crippen molar-refractivity contribution in [2.45, 2.75) is 37.5 Å². The van der Waals surface area contributed by atoms with Gasteiger partial charge in [0, 0.05) is 5.69 Å². The topological polar surface area (TPSA) is 120 Å². The third kappa shape index (κ3) is 2.92. The van der Waals surface area contributed by atoms with Crippen molar-refractivity contribution in [1.82, 2.24) is 15.0 Å². The van der Waals surface area contributed by atoms with Gasteiger partial charge in [0.2, 0.25) is 15.9 Å². The van der Waals surface area contributed by atoms with E-state index in [1.54, 1.807) is 0 Å². The molecule has 3 rings (SSSR count). The number of hydrogen-bond acceptors (Lipinski definition) is 5. The first-order valence-corrected chi connectivity index (χ1v) is 9.15. The highest BCUT2D eigenvalue weighted by molar-refractivity contribution is 7.90. The smallest absolute Gasteiger partial charge is 0.246 e. The number of aromatic nitrogens is 3. The van der Waals surface area contributed by atoms with Gasteiger partial charge in [-0.2, -0.15) is 0 Å². The number of benzene rings is 1. The van der Waals surface area contributed by atoms with Gasteiger partial charge in [-0.15, -0.1) is 5.10 Å². The van der Waals surface area contributed by atoms with Crippen LogP contribution in [0, 0.1) is 6.92 Å². The van der Waals surface area contributed by atoms with Crippen LogP contribution in [0.25, 0.3) is 0 Å². The fourth-order valence-corrected chi connectivity index (χ4v) is 4.06. The van der Waals surface area contributed by atoms with Crippen molar-refractivity contribution >= 4 is 21.6 Å². The molecule has 2 aromatic rings. The lowest BCUT2D eigenvalue weighted by atomic mass is 9.82. The van der Waals surface area contributed by atoms with Gasteiger partial charge >= 0.3 is 0 Å². The fourth-order valence-electron chi connectivity index (χ4n) is 2.82. The van der Waals surface area contributed by atoms with Crippen molar-refractivity contribution in [2.24, 2.45) is 5.14 Å². The number of anilines is 1. The number of sulfonamides is 1. The quantitative estimate of drug-likeness (QED) is 0.831. The Bertz CT molecular complexity index is 871. The molecule has 0 unspecified atom stereocenters. The summed E-state index contributed by atoms with van der Waals surface area (Å²) in [6, 6.07) is 7.43. The molecule has 1 aliphatic carbocycles. The first-order chi connectivity index (χ1) is 11.3. The number of nitrogens with two attached hydrogens (primary N) is 1. The molecule has 1 fully saturated rings. The average molecular weight is 349 g/mol. The van der Waals surface area contributed by atoms with E-state index in [9.17, 15) is 13.2 Å². The molecule has 0 saturated heterocycles. The van der Waals surface area contributed by atoms with Crippen molar-refractivity contribution in [3.63, 3.8) is 0 Å². The first-order valence-electron chi connectivity index (χ1n) is 7.60. The van der Waals surface area contributed by atoms with Crippen molar-refractivity contribution in [2.75, 3.05) is 5.32 Å². The third-order valence-corrected chi connectivity index (χ3v) is 6.14. The minimum Gasteiger partial charge on any atom is -0.324 e. The number of hydrogen-bond donors (Lipinski definition) is 2. The number of carbonyl (C=O) groups excluding carboxylic acids is 1. The highest BCUT2D eigenvalue weighted by Crippen LogP contribution is 2.45. The number of amides is 1. The van der Waals surface area contributed by atoms with E-state index in [-0.39, 0.29) is 12.5 Å². The highest BCUT2D eigenvalue weighted by Gasteiger charge is 2.50. The van der Waals surface area contributed by atoms with Crippen LogP contribution >= 0.6 is 0 Å². The summed E-state index contributed by atoms with van der Waals surface area (Å²) in [5.41, 5.74) is 1.98. The Hall–Kier alpha value is -2.26. The second-order valence-corrected chi connectivity index (χ2v) is 7.93. The zero-order valence-electron chi connectivity index (χ0n) is 13.3. The van der Waals surface area contributed by atoms with Gasteiger partial charge in [-0.1, -0.05) is 23.4 Å². The molecule has 0 aliphatic heterocycles. The van der Waals surface area contributed by atoms with Gasteiger partial charge in [-0.25, -0.2) is 18.2 Å². The summed E-state index contributed by atoms with van der Waals surface area (Å²) >= 11 is 0. The lowest BCUT2D eigenvalue weighted by Gasteiger charge is -2.37. The molecule has 8 nitrogen and oxygen atoms in total. The number of carbonyl (C=O) groups is 1. The lowest BCUT2D eigenvalue weighted by molar-refractivity contribution is -0.116. The molecule has 3 N–H and O–H groups in total. The molecular weight excluding hydrogens is 330 g/mol. The molecule has 0 atom stereocenters. The SMILES string of the molecule is Cc1ccccc1NC(=O)Cn1cc(C2(S(N)(=O)=O)CCC2)nn1. The molecule has 128 valence electrons. The van der Waals surface area contributed by atoms with Gasteiger partial charge in [-0.05, 0) is 37.8 Å². The number of primary sulfonamides is 1. The molecule has 0 spiro atoms. The maximum atomic E-state index is 12.1.